The van der Waals surface area contributed by atoms with Crippen molar-refractivity contribution in [2.45, 2.75) is 72.4 Å². The first-order valence-corrected chi connectivity index (χ1v) is 13.7. The van der Waals surface area contributed by atoms with Crippen LogP contribution in [0.4, 0.5) is 0 Å². The largest absolute Gasteiger partial charge is 0.334 e. The third kappa shape index (κ3) is 5.21. The number of imidazole rings is 1. The smallest absolute Gasteiger partial charge is 0.331 e. The van der Waals surface area contributed by atoms with Gasteiger partial charge in [0.05, 0.1) is 6.54 Å². The number of H-pyrrole nitrogens is 1. The predicted octanol–water partition coefficient (Wildman–Crippen LogP) is 5.78. The van der Waals surface area contributed by atoms with Crippen molar-refractivity contribution in [1.29, 1.82) is 0 Å². The van der Waals surface area contributed by atoms with Crippen molar-refractivity contribution < 1.29 is 0 Å². The molecular weight excluding hydrogens is 488 g/mol. The van der Waals surface area contributed by atoms with Gasteiger partial charge in [0, 0.05) is 42.1 Å². The van der Waals surface area contributed by atoms with E-state index in [-0.39, 0.29) is 11.7 Å². The number of pyridine rings is 1. The Morgan fingerprint density at radius 3 is 2.44 bits per heavy atom. The molecule has 1 N–H and O–H groups in total. The minimum Gasteiger partial charge on any atom is -0.331 e. The molecule has 0 aliphatic carbocycles. The van der Waals surface area contributed by atoms with Gasteiger partial charge in [0.15, 0.2) is 5.82 Å². The van der Waals surface area contributed by atoms with E-state index in [9.17, 15) is 4.79 Å². The summed E-state index contributed by atoms with van der Waals surface area (Å²) in [6, 6.07) is 12.5. The van der Waals surface area contributed by atoms with Crippen LogP contribution in [0, 0.1) is 0 Å². The summed E-state index contributed by atoms with van der Waals surface area (Å²) in [5.74, 6) is 1.89. The summed E-state index contributed by atoms with van der Waals surface area (Å²) in [6.45, 7) is 11.3. The molecule has 9 heteroatoms. The standard InChI is InChI=1S/C30H36N8O/c1-6-7-8-25-19-38(29-26(20(2)3)14-16-36(29)21(4)5)30(39)37(25)18-24-17-31-15-13-27(24)22-9-11-23(12-10-22)28-32-34-35-33-28/h9-17,19-21H,6-8,18H2,1-5H3,(H,32,33,34,35). The van der Waals surface area contributed by atoms with Crippen molar-refractivity contribution in [2.24, 2.45) is 0 Å². The lowest BCUT2D eigenvalue weighted by Gasteiger charge is -2.16. The van der Waals surface area contributed by atoms with Crippen molar-refractivity contribution in [3.63, 3.8) is 0 Å². The number of nitrogens with zero attached hydrogens (tertiary/aromatic N) is 7. The highest BCUT2D eigenvalue weighted by molar-refractivity contribution is 5.70. The molecular formula is C30H36N8O. The van der Waals surface area contributed by atoms with Crippen LogP contribution in [0.5, 0.6) is 0 Å². The van der Waals surface area contributed by atoms with Crippen molar-refractivity contribution in [1.82, 2.24) is 39.3 Å². The van der Waals surface area contributed by atoms with E-state index in [1.807, 2.05) is 51.9 Å². The second kappa shape index (κ2) is 11.2. The predicted molar refractivity (Wildman–Crippen MR) is 153 cm³/mol. The third-order valence-corrected chi connectivity index (χ3v) is 7.22. The number of nitrogens with one attached hydrogen (secondary N) is 1. The summed E-state index contributed by atoms with van der Waals surface area (Å²) in [4.78, 5) is 18.5. The van der Waals surface area contributed by atoms with E-state index >= 15 is 0 Å². The summed E-state index contributed by atoms with van der Waals surface area (Å²) < 4.78 is 5.98. The quantitative estimate of drug-likeness (QED) is 0.250. The Hall–Kier alpha value is -4.27. The molecule has 0 aliphatic heterocycles. The van der Waals surface area contributed by atoms with Gasteiger partial charge in [-0.15, -0.1) is 5.10 Å². The van der Waals surface area contributed by atoms with Crippen LogP contribution in [-0.2, 0) is 13.0 Å². The lowest BCUT2D eigenvalue weighted by Crippen LogP contribution is -2.27. The Morgan fingerprint density at radius 1 is 1.00 bits per heavy atom. The Labute approximate surface area is 228 Å². The maximum absolute atomic E-state index is 14.1. The van der Waals surface area contributed by atoms with Gasteiger partial charge >= 0.3 is 5.69 Å². The van der Waals surface area contributed by atoms with Crippen molar-refractivity contribution in [3.8, 4) is 28.3 Å². The van der Waals surface area contributed by atoms with Gasteiger partial charge in [-0.25, -0.2) is 9.89 Å². The van der Waals surface area contributed by atoms with Gasteiger partial charge in [-0.2, -0.15) is 0 Å². The molecule has 0 saturated heterocycles. The molecule has 0 aliphatic rings. The van der Waals surface area contributed by atoms with Crippen LogP contribution >= 0.6 is 0 Å². The molecule has 4 heterocycles. The Bertz CT molecular complexity index is 1560. The first-order chi connectivity index (χ1) is 18.9. The van der Waals surface area contributed by atoms with E-state index in [0.717, 1.165) is 53.0 Å². The van der Waals surface area contributed by atoms with E-state index in [2.05, 4.69) is 77.1 Å². The van der Waals surface area contributed by atoms with E-state index in [1.54, 1.807) is 6.20 Å². The molecule has 0 bridgehead atoms. The van der Waals surface area contributed by atoms with Gasteiger partial charge in [0.25, 0.3) is 0 Å². The summed E-state index contributed by atoms with van der Waals surface area (Å²) in [6.07, 6.45) is 10.7. The molecule has 0 amide bonds. The number of aryl methyl sites for hydroxylation is 1. The van der Waals surface area contributed by atoms with Gasteiger partial charge in [0.1, 0.15) is 5.82 Å². The molecule has 0 saturated carbocycles. The topological polar surface area (TPSA) is 99.2 Å². The number of tetrazole rings is 1. The fraction of sp³-hybridized carbons (Fsp3) is 0.367. The third-order valence-electron chi connectivity index (χ3n) is 7.22. The maximum Gasteiger partial charge on any atom is 0.334 e. The van der Waals surface area contributed by atoms with Gasteiger partial charge < -0.3 is 4.57 Å². The van der Waals surface area contributed by atoms with E-state index in [1.165, 1.54) is 5.56 Å². The number of aromatic amines is 1. The summed E-state index contributed by atoms with van der Waals surface area (Å²) >= 11 is 0. The molecule has 0 spiro atoms. The molecule has 0 fully saturated rings. The minimum atomic E-state index is -0.0217. The number of rotatable bonds is 10. The molecule has 0 radical (unpaired) electrons. The van der Waals surface area contributed by atoms with Crippen molar-refractivity contribution >= 4 is 0 Å². The van der Waals surface area contributed by atoms with E-state index in [0.29, 0.717) is 18.3 Å². The zero-order chi connectivity index (χ0) is 27.5. The minimum absolute atomic E-state index is 0.0217. The van der Waals surface area contributed by atoms with Crippen LogP contribution in [0.2, 0.25) is 0 Å². The number of hydrogen-bond donors (Lipinski definition) is 1. The molecule has 5 rings (SSSR count). The molecule has 0 atom stereocenters. The first-order valence-electron chi connectivity index (χ1n) is 13.7. The lowest BCUT2D eigenvalue weighted by atomic mass is 10.00. The second-order valence-electron chi connectivity index (χ2n) is 10.6. The van der Waals surface area contributed by atoms with Crippen LogP contribution in [0.25, 0.3) is 28.3 Å². The normalized spacial score (nSPS) is 11.7. The first kappa shape index (κ1) is 26.3. The summed E-state index contributed by atoms with van der Waals surface area (Å²) in [5.41, 5.74) is 6.18. The number of aromatic nitrogens is 8. The number of unbranched alkanes of at least 4 members (excludes halogenated alkanes) is 1. The average Bonchev–Trinajstić information content (AvgIpc) is 3.68. The SMILES string of the molecule is CCCCc1cn(-c2c(C(C)C)ccn2C(C)C)c(=O)n1Cc1cnccc1-c1ccc(-c2nnn[nH]2)cc1. The van der Waals surface area contributed by atoms with Gasteiger partial charge in [0.2, 0.25) is 0 Å². The fourth-order valence-corrected chi connectivity index (χ4v) is 5.09. The molecule has 5 aromatic rings. The van der Waals surface area contributed by atoms with Crippen LogP contribution in [-0.4, -0.2) is 39.3 Å². The van der Waals surface area contributed by atoms with Crippen LogP contribution < -0.4 is 5.69 Å². The highest BCUT2D eigenvalue weighted by atomic mass is 16.1. The lowest BCUT2D eigenvalue weighted by molar-refractivity contribution is 0.579. The molecule has 202 valence electrons. The highest BCUT2D eigenvalue weighted by Gasteiger charge is 2.21. The van der Waals surface area contributed by atoms with Crippen LogP contribution in [0.3, 0.4) is 0 Å². The monoisotopic (exact) mass is 524 g/mol. The van der Waals surface area contributed by atoms with Crippen LogP contribution in [0.1, 0.15) is 76.2 Å². The molecule has 39 heavy (non-hydrogen) atoms. The molecule has 9 nitrogen and oxygen atoms in total. The Kier molecular flexibility index (Phi) is 7.58. The van der Waals surface area contributed by atoms with Gasteiger partial charge in [-0.3, -0.25) is 14.1 Å². The fourth-order valence-electron chi connectivity index (χ4n) is 5.09. The second-order valence-corrected chi connectivity index (χ2v) is 10.6. The summed E-state index contributed by atoms with van der Waals surface area (Å²) in [7, 11) is 0. The van der Waals surface area contributed by atoms with Crippen LogP contribution in [0.15, 0.2) is 66.0 Å². The van der Waals surface area contributed by atoms with Crippen molar-refractivity contribution in [3.05, 3.63) is 88.5 Å². The average molecular weight is 525 g/mol. The zero-order valence-corrected chi connectivity index (χ0v) is 23.3. The van der Waals surface area contributed by atoms with Gasteiger partial charge in [-0.05, 0) is 77.4 Å². The summed E-state index contributed by atoms with van der Waals surface area (Å²) in [5, 5.41) is 14.1. The van der Waals surface area contributed by atoms with E-state index in [4.69, 9.17) is 0 Å². The van der Waals surface area contributed by atoms with Gasteiger partial charge in [-0.1, -0.05) is 51.5 Å². The maximum atomic E-state index is 14.1. The van der Waals surface area contributed by atoms with Crippen molar-refractivity contribution in [2.75, 3.05) is 0 Å². The molecule has 4 aromatic heterocycles. The highest BCUT2D eigenvalue weighted by Crippen LogP contribution is 2.29. The molecule has 1 aromatic carbocycles. The Morgan fingerprint density at radius 2 is 1.77 bits per heavy atom. The molecule has 0 unspecified atom stereocenters. The van der Waals surface area contributed by atoms with E-state index < -0.39 is 0 Å². The zero-order valence-electron chi connectivity index (χ0n) is 23.3. The number of benzene rings is 1. The Balaban J connectivity index is 1.57. The number of hydrogen-bond acceptors (Lipinski definition) is 5.